The van der Waals surface area contributed by atoms with E-state index >= 15 is 0 Å². The number of H-pyrrole nitrogens is 1. The molecule has 0 atom stereocenters. The number of anilines is 1. The monoisotopic (exact) mass is 469 g/mol. The molecule has 0 bridgehead atoms. The van der Waals surface area contributed by atoms with Crippen LogP contribution in [0.2, 0.25) is 0 Å². The van der Waals surface area contributed by atoms with E-state index in [0.717, 1.165) is 0 Å². The molecular weight excluding hydrogens is 449 g/mol. The van der Waals surface area contributed by atoms with Crippen molar-refractivity contribution in [2.75, 3.05) is 19.0 Å². The topological polar surface area (TPSA) is 120 Å². The van der Waals surface area contributed by atoms with Gasteiger partial charge < -0.3 is 15.0 Å². The normalized spacial score (nSPS) is 11.1. The average molecular weight is 470 g/mol. The minimum Gasteiger partial charge on any atom is -0.385 e. The van der Waals surface area contributed by atoms with Crippen LogP contribution in [-0.4, -0.2) is 49.4 Å². The number of amides is 1. The van der Waals surface area contributed by atoms with Crippen molar-refractivity contribution in [1.82, 2.24) is 29.8 Å². The van der Waals surface area contributed by atoms with E-state index in [1.54, 1.807) is 32.2 Å². The number of ether oxygens (including phenoxy) is 1. The van der Waals surface area contributed by atoms with Gasteiger partial charge in [0.25, 0.3) is 11.5 Å². The van der Waals surface area contributed by atoms with Crippen LogP contribution in [0.1, 0.15) is 22.6 Å². The third kappa shape index (κ3) is 4.56. The smallest absolute Gasteiger partial charge is 0.262 e. The zero-order valence-electron chi connectivity index (χ0n) is 17.8. The Bertz CT molecular complexity index is 1460. The largest absolute Gasteiger partial charge is 0.385 e. The molecule has 0 aliphatic rings. The van der Waals surface area contributed by atoms with Gasteiger partial charge in [0, 0.05) is 31.5 Å². The Morgan fingerprint density at radius 2 is 2.09 bits per heavy atom. The van der Waals surface area contributed by atoms with Crippen LogP contribution in [0, 0.1) is 17.5 Å². The Morgan fingerprint density at radius 3 is 2.82 bits per heavy atom. The summed E-state index contributed by atoms with van der Waals surface area (Å²) in [5.41, 5.74) is 0.968. The van der Waals surface area contributed by atoms with Gasteiger partial charge in [-0.3, -0.25) is 14.2 Å². The first kappa shape index (κ1) is 22.4. The van der Waals surface area contributed by atoms with Crippen LogP contribution < -0.4 is 10.9 Å². The van der Waals surface area contributed by atoms with Crippen molar-refractivity contribution in [3.8, 4) is 5.69 Å². The summed E-state index contributed by atoms with van der Waals surface area (Å²) < 4.78 is 22.3. The summed E-state index contributed by atoms with van der Waals surface area (Å²) in [7, 11) is 1.59. The predicted octanol–water partition coefficient (Wildman–Crippen LogP) is 2.77. The minimum absolute atomic E-state index is 0.104. The van der Waals surface area contributed by atoms with E-state index in [0.29, 0.717) is 47.6 Å². The highest BCUT2D eigenvalue weighted by Crippen LogP contribution is 2.20. The first-order chi connectivity index (χ1) is 15.9. The molecule has 0 saturated carbocycles. The average Bonchev–Trinajstić information content (AvgIpc) is 3.22. The first-order valence-corrected chi connectivity index (χ1v) is 10.4. The molecular formula is C21H20FN7O3S. The van der Waals surface area contributed by atoms with Crippen LogP contribution in [0.25, 0.3) is 16.6 Å². The number of benzene rings is 2. The van der Waals surface area contributed by atoms with Crippen LogP contribution in [0.3, 0.4) is 0 Å². The molecule has 0 aliphatic heterocycles. The number of hydrogen-bond acceptors (Lipinski definition) is 7. The van der Waals surface area contributed by atoms with E-state index in [2.05, 4.69) is 25.8 Å². The molecule has 33 heavy (non-hydrogen) atoms. The van der Waals surface area contributed by atoms with Crippen molar-refractivity contribution in [3.05, 3.63) is 68.7 Å². The molecule has 1 amide bonds. The highest BCUT2D eigenvalue weighted by atomic mass is 32.1. The Labute approximate surface area is 192 Å². The van der Waals surface area contributed by atoms with E-state index in [9.17, 15) is 14.0 Å². The van der Waals surface area contributed by atoms with Crippen molar-refractivity contribution in [3.63, 3.8) is 0 Å². The van der Waals surface area contributed by atoms with Gasteiger partial charge in [0.15, 0.2) is 10.6 Å². The number of aromatic amines is 1. The van der Waals surface area contributed by atoms with Crippen LogP contribution in [0.4, 0.5) is 10.1 Å². The molecule has 0 unspecified atom stereocenters. The second-order valence-corrected chi connectivity index (χ2v) is 7.64. The summed E-state index contributed by atoms with van der Waals surface area (Å²) in [5.74, 6) is -0.579. The second kappa shape index (κ2) is 9.38. The quantitative estimate of drug-likeness (QED) is 0.315. The first-order valence-electron chi connectivity index (χ1n) is 10.0. The maximum atomic E-state index is 14.3. The summed E-state index contributed by atoms with van der Waals surface area (Å²) >= 11 is 5.32. The number of aryl methyl sites for hydroxylation is 1. The molecule has 4 rings (SSSR count). The molecule has 2 N–H and O–H groups in total. The lowest BCUT2D eigenvalue weighted by atomic mass is 10.1. The summed E-state index contributed by atoms with van der Waals surface area (Å²) in [6, 6.07) is 8.76. The Balaban J connectivity index is 1.61. The van der Waals surface area contributed by atoms with E-state index in [4.69, 9.17) is 17.0 Å². The maximum Gasteiger partial charge on any atom is 0.262 e. The van der Waals surface area contributed by atoms with Gasteiger partial charge in [-0.25, -0.2) is 4.39 Å². The molecule has 170 valence electrons. The summed E-state index contributed by atoms with van der Waals surface area (Å²) in [6.07, 6.45) is 0.643. The van der Waals surface area contributed by atoms with E-state index in [1.165, 1.54) is 27.4 Å². The molecule has 0 spiro atoms. The lowest BCUT2D eigenvalue weighted by molar-refractivity contribution is 0.102. The number of nitrogens with one attached hydrogen (secondary N) is 2. The molecule has 0 fully saturated rings. The van der Waals surface area contributed by atoms with Crippen molar-refractivity contribution in [2.45, 2.75) is 19.9 Å². The summed E-state index contributed by atoms with van der Waals surface area (Å²) in [6.45, 7) is 2.57. The Kier molecular flexibility index (Phi) is 6.38. The second-order valence-electron chi connectivity index (χ2n) is 7.25. The minimum atomic E-state index is -0.538. The van der Waals surface area contributed by atoms with Crippen LogP contribution in [0.5, 0.6) is 0 Å². The maximum absolute atomic E-state index is 14.3. The molecule has 2 heterocycles. The number of fused-ring (bicyclic) bond motifs is 1. The fourth-order valence-electron chi connectivity index (χ4n) is 3.38. The number of carbonyl (C=O) groups excluding carboxylic acids is 1. The third-order valence-electron chi connectivity index (χ3n) is 5.03. The molecule has 0 saturated heterocycles. The molecule has 10 nitrogen and oxygen atoms in total. The number of nitrogens with zero attached hydrogens (tertiary/aromatic N) is 5. The molecule has 12 heteroatoms. The molecule has 0 radical (unpaired) electrons. The van der Waals surface area contributed by atoms with Gasteiger partial charge in [0.05, 0.1) is 10.9 Å². The predicted molar refractivity (Wildman–Crippen MR) is 122 cm³/mol. The van der Waals surface area contributed by atoms with Gasteiger partial charge in [-0.15, -0.1) is 5.10 Å². The number of aromatic nitrogens is 6. The van der Waals surface area contributed by atoms with Crippen LogP contribution >= 0.6 is 12.2 Å². The fourth-order valence-corrected chi connectivity index (χ4v) is 3.66. The van der Waals surface area contributed by atoms with Crippen molar-refractivity contribution < 1.29 is 13.9 Å². The molecule has 0 aliphatic carbocycles. The van der Waals surface area contributed by atoms with Gasteiger partial charge in [0.2, 0.25) is 0 Å². The fraction of sp³-hybridized carbons (Fsp3) is 0.238. The SMILES string of the molecule is COCCCn1c(=S)[nH]c2cc(C(=O)Nc3ccc(F)c(-n4nnnc4C)c3)ccc2c1=O. The van der Waals surface area contributed by atoms with Crippen LogP contribution in [-0.2, 0) is 11.3 Å². The van der Waals surface area contributed by atoms with Gasteiger partial charge in [0.1, 0.15) is 11.5 Å². The van der Waals surface area contributed by atoms with E-state index in [-0.39, 0.29) is 16.0 Å². The number of carbonyl (C=O) groups is 1. The van der Waals surface area contributed by atoms with E-state index < -0.39 is 11.7 Å². The number of halogens is 1. The molecule has 2 aromatic heterocycles. The number of methoxy groups -OCH3 is 1. The molecule has 4 aromatic rings. The standard InChI is InChI=1S/C21H20FN7O3S/c1-12-25-26-27-29(12)18-11-14(5-7-16(18)22)23-19(30)13-4-6-15-17(10-13)24-21(33)28(20(15)31)8-3-9-32-2/h4-7,10-11H,3,8-9H2,1-2H3,(H,23,30)(H,24,33). The third-order valence-corrected chi connectivity index (χ3v) is 5.35. The zero-order chi connectivity index (χ0) is 23.5. The van der Waals surface area contributed by atoms with Gasteiger partial charge in [-0.2, -0.15) is 4.68 Å². The Morgan fingerprint density at radius 1 is 1.27 bits per heavy atom. The van der Waals surface area contributed by atoms with Gasteiger partial charge >= 0.3 is 0 Å². The number of tetrazole rings is 1. The van der Waals surface area contributed by atoms with Crippen molar-refractivity contribution in [1.29, 1.82) is 0 Å². The highest BCUT2D eigenvalue weighted by Gasteiger charge is 2.14. The highest BCUT2D eigenvalue weighted by molar-refractivity contribution is 7.71. The van der Waals surface area contributed by atoms with E-state index in [1.807, 2.05) is 0 Å². The lowest BCUT2D eigenvalue weighted by Gasteiger charge is -2.11. The Hall–Kier alpha value is -3.77. The summed E-state index contributed by atoms with van der Waals surface area (Å²) in [4.78, 5) is 28.6. The lowest BCUT2D eigenvalue weighted by Crippen LogP contribution is -2.23. The van der Waals surface area contributed by atoms with Crippen LogP contribution in [0.15, 0.2) is 41.2 Å². The number of rotatable bonds is 7. The molecule has 2 aromatic carbocycles. The van der Waals surface area contributed by atoms with Gasteiger partial charge in [-0.1, -0.05) is 0 Å². The summed E-state index contributed by atoms with van der Waals surface area (Å²) in [5, 5.41) is 14.1. The van der Waals surface area contributed by atoms with Gasteiger partial charge in [-0.05, 0) is 72.4 Å². The zero-order valence-corrected chi connectivity index (χ0v) is 18.6. The number of hydrogen-bond donors (Lipinski definition) is 2. The van der Waals surface area contributed by atoms with Crippen molar-refractivity contribution in [2.24, 2.45) is 0 Å². The van der Waals surface area contributed by atoms with Crippen molar-refractivity contribution >= 4 is 34.7 Å².